The minimum Gasteiger partial charge on any atom is -0.374 e. The summed E-state index contributed by atoms with van der Waals surface area (Å²) < 4.78 is 0. The van der Waals surface area contributed by atoms with Gasteiger partial charge in [-0.2, -0.15) is 0 Å². The number of fused-ring (bicyclic) bond motifs is 1. The smallest absolute Gasteiger partial charge is 0.0396 e. The lowest BCUT2D eigenvalue weighted by Gasteiger charge is -2.28. The van der Waals surface area contributed by atoms with E-state index in [1.807, 2.05) is 0 Å². The fourth-order valence-corrected chi connectivity index (χ4v) is 3.07. The lowest BCUT2D eigenvalue weighted by molar-refractivity contribution is 0.301. The second-order valence-electron chi connectivity index (χ2n) is 5.92. The summed E-state index contributed by atoms with van der Waals surface area (Å²) in [5.74, 6) is 0.953. The van der Waals surface area contributed by atoms with Crippen molar-refractivity contribution in [2.24, 2.45) is 5.92 Å². The van der Waals surface area contributed by atoms with Crippen molar-refractivity contribution >= 4 is 5.69 Å². The van der Waals surface area contributed by atoms with E-state index in [0.29, 0.717) is 0 Å². The molecule has 98 valence electrons. The van der Waals surface area contributed by atoms with Gasteiger partial charge in [-0.15, -0.1) is 0 Å². The average molecular weight is 244 g/mol. The normalized spacial score (nSPS) is 19.5. The summed E-state index contributed by atoms with van der Waals surface area (Å²) in [6, 6.07) is 6.99. The molecule has 1 N–H and O–H groups in total. The van der Waals surface area contributed by atoms with Gasteiger partial charge in [0.2, 0.25) is 0 Å². The molecular weight excluding hydrogens is 220 g/mol. The van der Waals surface area contributed by atoms with Gasteiger partial charge in [0.1, 0.15) is 0 Å². The van der Waals surface area contributed by atoms with E-state index < -0.39 is 0 Å². The number of rotatable bonds is 4. The minimum absolute atomic E-state index is 0.953. The highest BCUT2D eigenvalue weighted by molar-refractivity contribution is 5.56. The maximum absolute atomic E-state index is 3.61. The Morgan fingerprint density at radius 3 is 2.94 bits per heavy atom. The third-order valence-electron chi connectivity index (χ3n) is 4.48. The maximum atomic E-state index is 3.61. The molecule has 0 saturated heterocycles. The van der Waals surface area contributed by atoms with Crippen molar-refractivity contribution in [3.8, 4) is 0 Å². The Morgan fingerprint density at radius 1 is 1.28 bits per heavy atom. The molecule has 1 saturated carbocycles. The van der Waals surface area contributed by atoms with Crippen LogP contribution in [-0.2, 0) is 13.0 Å². The van der Waals surface area contributed by atoms with Crippen molar-refractivity contribution in [3.63, 3.8) is 0 Å². The molecule has 3 rings (SSSR count). The topological polar surface area (TPSA) is 15.3 Å². The van der Waals surface area contributed by atoms with E-state index in [2.05, 4.69) is 35.5 Å². The van der Waals surface area contributed by atoms with E-state index in [0.717, 1.165) is 12.5 Å². The van der Waals surface area contributed by atoms with Crippen LogP contribution in [0.25, 0.3) is 0 Å². The van der Waals surface area contributed by atoms with Crippen LogP contribution in [0.2, 0.25) is 0 Å². The van der Waals surface area contributed by atoms with Crippen LogP contribution in [0.3, 0.4) is 0 Å². The summed E-state index contributed by atoms with van der Waals surface area (Å²) in [5, 5.41) is 3.61. The van der Waals surface area contributed by atoms with Gasteiger partial charge >= 0.3 is 0 Å². The first kappa shape index (κ1) is 12.0. The first-order valence-corrected chi connectivity index (χ1v) is 7.36. The van der Waals surface area contributed by atoms with Crippen LogP contribution in [0.4, 0.5) is 5.69 Å². The van der Waals surface area contributed by atoms with E-state index in [4.69, 9.17) is 0 Å². The van der Waals surface area contributed by atoms with Crippen LogP contribution in [-0.4, -0.2) is 20.1 Å². The lowest BCUT2D eigenvalue weighted by Crippen LogP contribution is -2.27. The fourth-order valence-electron chi connectivity index (χ4n) is 3.07. The zero-order chi connectivity index (χ0) is 12.4. The number of hydrogen-bond acceptors (Lipinski definition) is 2. The van der Waals surface area contributed by atoms with Crippen LogP contribution >= 0.6 is 0 Å². The molecule has 0 unspecified atom stereocenters. The molecule has 0 amide bonds. The highest BCUT2D eigenvalue weighted by Crippen LogP contribution is 2.27. The van der Waals surface area contributed by atoms with Gasteiger partial charge in [-0.3, -0.25) is 0 Å². The second kappa shape index (κ2) is 5.31. The summed E-state index contributed by atoms with van der Waals surface area (Å²) in [4.78, 5) is 2.38. The SMILES string of the molecule is CN1CCCc2cc(CNCC3CCC3)ccc21. The molecule has 1 aliphatic heterocycles. The number of anilines is 1. The van der Waals surface area contributed by atoms with Crippen LogP contribution < -0.4 is 10.2 Å². The van der Waals surface area contributed by atoms with Crippen molar-refractivity contribution in [1.29, 1.82) is 0 Å². The molecule has 1 aliphatic carbocycles. The molecule has 0 radical (unpaired) electrons. The number of nitrogens with zero attached hydrogens (tertiary/aromatic N) is 1. The van der Waals surface area contributed by atoms with Gasteiger partial charge in [-0.25, -0.2) is 0 Å². The minimum atomic E-state index is 0.953. The Bertz CT molecular complexity index is 410. The van der Waals surface area contributed by atoms with Gasteiger partial charge in [0.05, 0.1) is 0 Å². The van der Waals surface area contributed by atoms with Gasteiger partial charge in [0, 0.05) is 25.8 Å². The Kier molecular flexibility index (Phi) is 3.55. The summed E-state index contributed by atoms with van der Waals surface area (Å²) in [6.07, 6.45) is 6.85. The van der Waals surface area contributed by atoms with Crippen LogP contribution in [0, 0.1) is 5.92 Å². The van der Waals surface area contributed by atoms with Gasteiger partial charge in [0.25, 0.3) is 0 Å². The van der Waals surface area contributed by atoms with Crippen molar-refractivity contribution in [2.75, 3.05) is 25.0 Å². The highest BCUT2D eigenvalue weighted by atomic mass is 15.1. The predicted molar refractivity (Wildman–Crippen MR) is 77.1 cm³/mol. The van der Waals surface area contributed by atoms with Crippen LogP contribution in [0.5, 0.6) is 0 Å². The maximum Gasteiger partial charge on any atom is 0.0396 e. The summed E-state index contributed by atoms with van der Waals surface area (Å²) >= 11 is 0. The first-order chi connectivity index (χ1) is 8.83. The molecule has 0 spiro atoms. The molecule has 1 aromatic carbocycles. The molecule has 0 aromatic heterocycles. The van der Waals surface area contributed by atoms with Gasteiger partial charge < -0.3 is 10.2 Å². The molecule has 0 bridgehead atoms. The molecule has 2 aliphatic rings. The standard InChI is InChI=1S/C16H24N2/c1-18-9-3-6-15-10-14(7-8-16(15)18)12-17-11-13-4-2-5-13/h7-8,10,13,17H,2-6,9,11-12H2,1H3. The Hall–Kier alpha value is -1.02. The van der Waals surface area contributed by atoms with Crippen molar-refractivity contribution in [2.45, 2.75) is 38.6 Å². The summed E-state index contributed by atoms with van der Waals surface area (Å²) in [6.45, 7) is 3.44. The third-order valence-corrected chi connectivity index (χ3v) is 4.48. The monoisotopic (exact) mass is 244 g/mol. The van der Waals surface area contributed by atoms with Gasteiger partial charge in [-0.05, 0) is 55.3 Å². The first-order valence-electron chi connectivity index (χ1n) is 7.36. The van der Waals surface area contributed by atoms with E-state index in [1.54, 1.807) is 0 Å². The lowest BCUT2D eigenvalue weighted by atomic mass is 9.85. The number of nitrogens with one attached hydrogen (secondary N) is 1. The molecule has 18 heavy (non-hydrogen) atoms. The Balaban J connectivity index is 1.59. The van der Waals surface area contributed by atoms with Crippen molar-refractivity contribution in [3.05, 3.63) is 29.3 Å². The average Bonchev–Trinajstić information content (AvgIpc) is 2.32. The fraction of sp³-hybridized carbons (Fsp3) is 0.625. The Morgan fingerprint density at radius 2 is 2.17 bits per heavy atom. The largest absolute Gasteiger partial charge is 0.374 e. The number of hydrogen-bond donors (Lipinski definition) is 1. The zero-order valence-corrected chi connectivity index (χ0v) is 11.4. The molecule has 1 aromatic rings. The number of benzene rings is 1. The summed E-state index contributed by atoms with van der Waals surface area (Å²) in [5.41, 5.74) is 4.42. The third kappa shape index (κ3) is 2.54. The quantitative estimate of drug-likeness (QED) is 0.876. The van der Waals surface area contributed by atoms with Gasteiger partial charge in [0.15, 0.2) is 0 Å². The van der Waals surface area contributed by atoms with Crippen LogP contribution in [0.1, 0.15) is 36.8 Å². The highest BCUT2D eigenvalue weighted by Gasteiger charge is 2.17. The summed E-state index contributed by atoms with van der Waals surface area (Å²) in [7, 11) is 2.20. The molecular formula is C16H24N2. The van der Waals surface area contributed by atoms with Crippen molar-refractivity contribution < 1.29 is 0 Å². The van der Waals surface area contributed by atoms with E-state index in [1.165, 1.54) is 62.0 Å². The molecule has 1 heterocycles. The predicted octanol–water partition coefficient (Wildman–Crippen LogP) is 2.96. The zero-order valence-electron chi connectivity index (χ0n) is 11.4. The van der Waals surface area contributed by atoms with E-state index >= 15 is 0 Å². The van der Waals surface area contributed by atoms with Crippen molar-refractivity contribution in [1.82, 2.24) is 5.32 Å². The Labute approximate surface area is 110 Å². The second-order valence-corrected chi connectivity index (χ2v) is 5.92. The van der Waals surface area contributed by atoms with E-state index in [9.17, 15) is 0 Å². The van der Waals surface area contributed by atoms with Crippen LogP contribution in [0.15, 0.2) is 18.2 Å². The van der Waals surface area contributed by atoms with Gasteiger partial charge in [-0.1, -0.05) is 18.6 Å². The molecule has 1 fully saturated rings. The van der Waals surface area contributed by atoms with E-state index in [-0.39, 0.29) is 0 Å². The number of aryl methyl sites for hydroxylation is 1. The molecule has 0 atom stereocenters. The molecule has 2 heteroatoms. The molecule has 2 nitrogen and oxygen atoms in total.